The number of nitrogens with zero attached hydrogens (tertiary/aromatic N) is 3. The van der Waals surface area contributed by atoms with Crippen LogP contribution >= 0.6 is 11.3 Å². The molecule has 0 radical (unpaired) electrons. The van der Waals surface area contributed by atoms with E-state index in [0.717, 1.165) is 29.1 Å². The topological polar surface area (TPSA) is 172 Å². The number of carbonyl (C=O) groups excluding carboxylic acids is 3. The van der Waals surface area contributed by atoms with Crippen molar-refractivity contribution < 1.29 is 33.8 Å². The number of hydrogen-bond acceptors (Lipinski definition) is 9. The number of benzene rings is 1. The average Bonchev–Trinajstić information content (AvgIpc) is 3.25. The number of anilines is 2. The van der Waals surface area contributed by atoms with Crippen molar-refractivity contribution in [3.8, 4) is 0 Å². The molecule has 1 aliphatic rings. The minimum absolute atomic E-state index is 0.147. The Morgan fingerprint density at radius 3 is 2.29 bits per heavy atom. The first-order valence-corrected chi connectivity index (χ1v) is 15.7. The van der Waals surface area contributed by atoms with Crippen LogP contribution in [0.4, 0.5) is 20.4 Å². The number of aliphatic carboxylic acids is 1. The SMILES string of the molecule is CC(=O)Nc1nc(CCc2ccc(N/C(=N/C(=O)OC(C)(C)C)NC(=O)OC(C)(C)C)cc2)c(CN2CCC[C@H](C(=O)O)C2)s1. The zero-order valence-corrected chi connectivity index (χ0v) is 27.8. The standard InChI is InChI=1S/C31H44N6O7S/c1-19(38)32-27-34-23(24(45-27)18-37-16-8-9-21(17-37)25(39)40)15-12-20-10-13-22(14-11-20)33-26(35-28(41)43-30(2,3)4)36-29(42)44-31(5,6)7/h10-11,13-14,21H,8-9,12,15-18H2,1-7H3,(H,39,40)(H,32,34,38)(H2,33,35,36,41,42)/t21-/m0/s1. The molecule has 2 aromatic rings. The molecule has 246 valence electrons. The van der Waals surface area contributed by atoms with Gasteiger partial charge in [0.25, 0.3) is 0 Å². The van der Waals surface area contributed by atoms with Gasteiger partial charge in [-0.2, -0.15) is 0 Å². The number of ether oxygens (including phenoxy) is 2. The summed E-state index contributed by atoms with van der Waals surface area (Å²) in [5.41, 5.74) is 0.912. The van der Waals surface area contributed by atoms with Crippen molar-refractivity contribution in [2.24, 2.45) is 10.9 Å². The molecule has 0 aliphatic carbocycles. The number of likely N-dealkylation sites (tertiary alicyclic amines) is 1. The Kier molecular flexibility index (Phi) is 12.1. The molecule has 3 rings (SSSR count). The number of aromatic nitrogens is 1. The van der Waals surface area contributed by atoms with Gasteiger partial charge in [0.15, 0.2) is 5.13 Å². The van der Waals surface area contributed by atoms with Crippen LogP contribution < -0.4 is 16.0 Å². The largest absolute Gasteiger partial charge is 0.481 e. The lowest BCUT2D eigenvalue weighted by Crippen LogP contribution is -2.40. The van der Waals surface area contributed by atoms with E-state index in [-0.39, 0.29) is 17.8 Å². The van der Waals surface area contributed by atoms with Crippen molar-refractivity contribution in [2.45, 2.75) is 91.9 Å². The second kappa shape index (κ2) is 15.3. The first-order valence-electron chi connectivity index (χ1n) is 14.8. The van der Waals surface area contributed by atoms with E-state index in [1.54, 1.807) is 53.7 Å². The zero-order valence-electron chi connectivity index (χ0n) is 27.0. The van der Waals surface area contributed by atoms with Crippen molar-refractivity contribution in [1.29, 1.82) is 0 Å². The van der Waals surface area contributed by atoms with E-state index < -0.39 is 29.4 Å². The number of piperidine rings is 1. The van der Waals surface area contributed by atoms with E-state index in [1.807, 2.05) is 12.1 Å². The van der Waals surface area contributed by atoms with Gasteiger partial charge >= 0.3 is 18.2 Å². The molecule has 1 saturated heterocycles. The highest BCUT2D eigenvalue weighted by Crippen LogP contribution is 2.28. The zero-order chi connectivity index (χ0) is 33.4. The minimum Gasteiger partial charge on any atom is -0.481 e. The highest BCUT2D eigenvalue weighted by atomic mass is 32.1. The summed E-state index contributed by atoms with van der Waals surface area (Å²) in [6, 6.07) is 7.40. The average molecular weight is 645 g/mol. The summed E-state index contributed by atoms with van der Waals surface area (Å²) in [6.45, 7) is 13.6. The maximum Gasteiger partial charge on any atom is 0.437 e. The second-order valence-corrected chi connectivity index (χ2v) is 14.0. The molecule has 1 aromatic carbocycles. The Morgan fingerprint density at radius 1 is 1.02 bits per heavy atom. The summed E-state index contributed by atoms with van der Waals surface area (Å²) >= 11 is 1.41. The van der Waals surface area contributed by atoms with Crippen molar-refractivity contribution in [3.63, 3.8) is 0 Å². The molecule has 0 spiro atoms. The third-order valence-corrected chi connectivity index (χ3v) is 7.36. The van der Waals surface area contributed by atoms with Gasteiger partial charge < -0.3 is 25.2 Å². The molecular weight excluding hydrogens is 600 g/mol. The number of carbonyl (C=O) groups is 4. The monoisotopic (exact) mass is 644 g/mol. The fourth-order valence-corrected chi connectivity index (χ4v) is 5.62. The lowest BCUT2D eigenvalue weighted by molar-refractivity contribution is -0.143. The van der Waals surface area contributed by atoms with Gasteiger partial charge in [-0.15, -0.1) is 16.3 Å². The van der Waals surface area contributed by atoms with Gasteiger partial charge in [0.2, 0.25) is 11.9 Å². The second-order valence-electron chi connectivity index (χ2n) is 12.9. The van der Waals surface area contributed by atoms with Crippen LogP contribution in [0.5, 0.6) is 0 Å². The highest BCUT2D eigenvalue weighted by molar-refractivity contribution is 7.15. The number of guanidine groups is 1. The van der Waals surface area contributed by atoms with E-state index in [2.05, 4.69) is 30.8 Å². The molecule has 0 unspecified atom stereocenters. The van der Waals surface area contributed by atoms with E-state index in [1.165, 1.54) is 18.3 Å². The lowest BCUT2D eigenvalue weighted by Gasteiger charge is -2.30. The van der Waals surface area contributed by atoms with Crippen molar-refractivity contribution in [3.05, 3.63) is 40.4 Å². The summed E-state index contributed by atoms with van der Waals surface area (Å²) in [5.74, 6) is -1.51. The molecule has 0 bridgehead atoms. The number of thiazole rings is 1. The number of aryl methyl sites for hydroxylation is 2. The van der Waals surface area contributed by atoms with Gasteiger partial charge in [-0.1, -0.05) is 12.1 Å². The number of alkyl carbamates (subject to hydrolysis) is 1. The van der Waals surface area contributed by atoms with Gasteiger partial charge in [0.1, 0.15) is 11.2 Å². The van der Waals surface area contributed by atoms with Crippen LogP contribution in [-0.4, -0.2) is 69.3 Å². The maximum absolute atomic E-state index is 12.4. The summed E-state index contributed by atoms with van der Waals surface area (Å²) in [6.07, 6.45) is 1.10. The Morgan fingerprint density at radius 2 is 1.69 bits per heavy atom. The van der Waals surface area contributed by atoms with Crippen LogP contribution in [0.15, 0.2) is 29.3 Å². The number of rotatable bonds is 8. The predicted molar refractivity (Wildman–Crippen MR) is 173 cm³/mol. The summed E-state index contributed by atoms with van der Waals surface area (Å²) in [5, 5.41) is 18.2. The number of aliphatic imine (C=N–C) groups is 1. The van der Waals surface area contributed by atoms with Crippen LogP contribution in [0.25, 0.3) is 0 Å². The van der Waals surface area contributed by atoms with Crippen LogP contribution in [0.3, 0.4) is 0 Å². The fourth-order valence-electron chi connectivity index (χ4n) is 4.53. The molecule has 14 heteroatoms. The normalized spacial score (nSPS) is 16.1. The quantitative estimate of drug-likeness (QED) is 0.215. The van der Waals surface area contributed by atoms with Crippen LogP contribution in [-0.2, 0) is 38.4 Å². The number of hydrogen-bond donors (Lipinski definition) is 4. The Bertz CT molecular complexity index is 1390. The number of carboxylic acid groups (broad SMARTS) is 1. The molecule has 1 aliphatic heterocycles. The van der Waals surface area contributed by atoms with Gasteiger partial charge in [-0.25, -0.2) is 14.6 Å². The van der Waals surface area contributed by atoms with Crippen molar-refractivity contribution in [1.82, 2.24) is 15.2 Å². The van der Waals surface area contributed by atoms with E-state index in [9.17, 15) is 24.3 Å². The number of amides is 3. The first kappa shape index (κ1) is 35.4. The molecule has 1 aromatic heterocycles. The molecular formula is C31H44N6O7S. The third-order valence-electron chi connectivity index (χ3n) is 6.37. The molecule has 2 heterocycles. The molecule has 13 nitrogen and oxygen atoms in total. The smallest absolute Gasteiger partial charge is 0.437 e. The van der Waals surface area contributed by atoms with Crippen LogP contribution in [0, 0.1) is 5.92 Å². The Balaban J connectivity index is 1.70. The van der Waals surface area contributed by atoms with E-state index in [4.69, 9.17) is 9.47 Å². The van der Waals surface area contributed by atoms with E-state index in [0.29, 0.717) is 43.2 Å². The number of carboxylic acids is 1. The van der Waals surface area contributed by atoms with Crippen molar-refractivity contribution >= 4 is 52.2 Å². The van der Waals surface area contributed by atoms with Gasteiger partial charge in [-0.3, -0.25) is 19.8 Å². The Hall–Kier alpha value is -4.04. The predicted octanol–water partition coefficient (Wildman–Crippen LogP) is 5.41. The molecule has 45 heavy (non-hydrogen) atoms. The first-order chi connectivity index (χ1) is 21.0. The molecule has 0 saturated carbocycles. The number of nitrogens with one attached hydrogen (secondary N) is 3. The van der Waals surface area contributed by atoms with Crippen molar-refractivity contribution in [2.75, 3.05) is 23.7 Å². The van der Waals surface area contributed by atoms with Crippen LogP contribution in [0.1, 0.15) is 77.4 Å². The summed E-state index contributed by atoms with van der Waals surface area (Å²) in [4.78, 5) is 59.7. The summed E-state index contributed by atoms with van der Waals surface area (Å²) < 4.78 is 10.6. The fraction of sp³-hybridized carbons (Fsp3) is 0.548. The van der Waals surface area contributed by atoms with Gasteiger partial charge in [0, 0.05) is 30.6 Å². The third kappa shape index (κ3) is 12.8. The van der Waals surface area contributed by atoms with Crippen LogP contribution in [0.2, 0.25) is 0 Å². The lowest BCUT2D eigenvalue weighted by atomic mass is 9.98. The molecule has 1 atom stereocenters. The molecule has 4 N–H and O–H groups in total. The highest BCUT2D eigenvalue weighted by Gasteiger charge is 2.27. The molecule has 3 amide bonds. The maximum atomic E-state index is 12.4. The minimum atomic E-state index is -0.876. The van der Waals surface area contributed by atoms with Gasteiger partial charge in [-0.05, 0) is 91.5 Å². The molecule has 1 fully saturated rings. The van der Waals surface area contributed by atoms with E-state index >= 15 is 0 Å². The Labute approximate surface area is 267 Å². The summed E-state index contributed by atoms with van der Waals surface area (Å²) in [7, 11) is 0. The van der Waals surface area contributed by atoms with Gasteiger partial charge in [0.05, 0.1) is 11.6 Å².